The molecule has 0 radical (unpaired) electrons. The third-order valence-corrected chi connectivity index (χ3v) is 5.88. The van der Waals surface area contributed by atoms with E-state index in [2.05, 4.69) is 59.8 Å². The molecule has 0 atom stereocenters. The maximum absolute atomic E-state index is 4.51. The summed E-state index contributed by atoms with van der Waals surface area (Å²) in [6, 6.07) is 14.2. The molecule has 0 unspecified atom stereocenters. The first kappa shape index (κ1) is 16.1. The highest BCUT2D eigenvalue weighted by atomic mass is 32.1. The highest BCUT2D eigenvalue weighted by Crippen LogP contribution is 2.35. The molecule has 0 aliphatic heterocycles. The molecule has 0 amide bonds. The van der Waals surface area contributed by atoms with E-state index in [9.17, 15) is 0 Å². The Morgan fingerprint density at radius 3 is 2.76 bits per heavy atom. The van der Waals surface area contributed by atoms with Gasteiger partial charge in [-0.2, -0.15) is 5.10 Å². The molecule has 29 heavy (non-hydrogen) atoms. The molecular formula is C22H14N6S. The fraction of sp³-hybridized carbons (Fsp3) is 0. The summed E-state index contributed by atoms with van der Waals surface area (Å²) in [5.41, 5.74) is 6.48. The lowest BCUT2D eigenvalue weighted by Crippen LogP contribution is -1.85. The topological polar surface area (TPSA) is 83.1 Å². The molecule has 0 aromatic carbocycles. The van der Waals surface area contributed by atoms with Gasteiger partial charge in [0, 0.05) is 45.4 Å². The lowest BCUT2D eigenvalue weighted by atomic mass is 10.1. The Morgan fingerprint density at radius 2 is 1.90 bits per heavy atom. The minimum absolute atomic E-state index is 0.676. The zero-order valence-electron chi connectivity index (χ0n) is 15.1. The number of hydrogen-bond donors (Lipinski definition) is 2. The molecule has 6 aromatic rings. The normalized spacial score (nSPS) is 11.4. The number of hydrogen-bond acceptors (Lipinski definition) is 5. The van der Waals surface area contributed by atoms with E-state index in [0.717, 1.165) is 44.5 Å². The van der Waals surface area contributed by atoms with Crippen molar-refractivity contribution in [2.45, 2.75) is 0 Å². The number of aromatic amines is 2. The van der Waals surface area contributed by atoms with Gasteiger partial charge in [0.15, 0.2) is 5.65 Å². The number of H-pyrrole nitrogens is 2. The van der Waals surface area contributed by atoms with Crippen LogP contribution in [0.25, 0.3) is 55.0 Å². The monoisotopic (exact) mass is 394 g/mol. The van der Waals surface area contributed by atoms with Crippen LogP contribution in [0.4, 0.5) is 0 Å². The fourth-order valence-corrected chi connectivity index (χ4v) is 4.34. The quantitative estimate of drug-likeness (QED) is 0.427. The van der Waals surface area contributed by atoms with Crippen LogP contribution in [0.2, 0.25) is 0 Å². The summed E-state index contributed by atoms with van der Waals surface area (Å²) in [4.78, 5) is 18.0. The van der Waals surface area contributed by atoms with E-state index in [4.69, 9.17) is 0 Å². The molecule has 138 valence electrons. The molecule has 0 saturated heterocycles. The van der Waals surface area contributed by atoms with Crippen LogP contribution in [0.5, 0.6) is 0 Å². The maximum atomic E-state index is 4.51. The maximum Gasteiger partial charge on any atom is 0.181 e. The average molecular weight is 394 g/mol. The van der Waals surface area contributed by atoms with Crippen molar-refractivity contribution in [1.82, 2.24) is 30.1 Å². The number of rotatable bonds is 3. The number of fused-ring (bicyclic) bond motifs is 2. The molecule has 6 rings (SSSR count). The molecule has 0 saturated carbocycles. The summed E-state index contributed by atoms with van der Waals surface area (Å²) in [7, 11) is 0. The number of pyridine rings is 3. The SMILES string of the molecule is c1ccc(-c2cnc3n[nH]c(-c4cc5c(-c6cccs6)cncc5[nH]4)c3c2)nc1. The zero-order chi connectivity index (χ0) is 19.2. The first-order valence-corrected chi connectivity index (χ1v) is 10.0. The zero-order valence-corrected chi connectivity index (χ0v) is 15.9. The van der Waals surface area contributed by atoms with E-state index in [0.29, 0.717) is 5.65 Å². The fourth-order valence-electron chi connectivity index (χ4n) is 3.59. The third kappa shape index (κ3) is 2.63. The van der Waals surface area contributed by atoms with Crippen LogP contribution < -0.4 is 0 Å². The van der Waals surface area contributed by atoms with E-state index < -0.39 is 0 Å². The second-order valence-electron chi connectivity index (χ2n) is 6.72. The molecule has 0 bridgehead atoms. The van der Waals surface area contributed by atoms with Crippen molar-refractivity contribution in [3.63, 3.8) is 0 Å². The number of aromatic nitrogens is 6. The van der Waals surface area contributed by atoms with Gasteiger partial charge in [-0.1, -0.05) is 12.1 Å². The smallest absolute Gasteiger partial charge is 0.181 e. The Bertz CT molecular complexity index is 1450. The van der Waals surface area contributed by atoms with E-state index in [-0.39, 0.29) is 0 Å². The summed E-state index contributed by atoms with van der Waals surface area (Å²) >= 11 is 1.71. The molecule has 6 heterocycles. The number of nitrogens with zero attached hydrogens (tertiary/aromatic N) is 4. The lowest BCUT2D eigenvalue weighted by Gasteiger charge is -2.00. The standard InChI is InChI=1S/C22H14N6S/c1-2-6-24-17(4-1)13-8-15-21(27-28-22(15)25-10-13)18-9-14-16(20-5-3-7-29-20)11-23-12-19(14)26-18/h1-12,26H,(H,25,27,28). The second kappa shape index (κ2) is 6.35. The van der Waals surface area contributed by atoms with Gasteiger partial charge in [0.05, 0.1) is 28.8 Å². The van der Waals surface area contributed by atoms with Gasteiger partial charge in [0.1, 0.15) is 0 Å². The predicted octanol–water partition coefficient (Wildman–Crippen LogP) is 5.29. The van der Waals surface area contributed by atoms with Crippen LogP contribution in [0, 0.1) is 0 Å². The Morgan fingerprint density at radius 1 is 0.897 bits per heavy atom. The summed E-state index contributed by atoms with van der Waals surface area (Å²) in [5, 5.41) is 11.7. The van der Waals surface area contributed by atoms with Gasteiger partial charge in [-0.15, -0.1) is 11.3 Å². The van der Waals surface area contributed by atoms with E-state index in [1.54, 1.807) is 23.7 Å². The minimum atomic E-state index is 0.676. The summed E-state index contributed by atoms with van der Waals surface area (Å²) in [6.45, 7) is 0. The predicted molar refractivity (Wildman–Crippen MR) is 116 cm³/mol. The van der Waals surface area contributed by atoms with Crippen molar-refractivity contribution in [1.29, 1.82) is 0 Å². The van der Waals surface area contributed by atoms with E-state index in [1.807, 2.05) is 30.6 Å². The van der Waals surface area contributed by atoms with Gasteiger partial charge in [-0.25, -0.2) is 4.98 Å². The Hall–Kier alpha value is -3.84. The summed E-state index contributed by atoms with van der Waals surface area (Å²) in [5.74, 6) is 0. The van der Waals surface area contributed by atoms with Gasteiger partial charge < -0.3 is 4.98 Å². The van der Waals surface area contributed by atoms with Crippen molar-refractivity contribution >= 4 is 33.3 Å². The molecule has 7 heteroatoms. The first-order valence-electron chi connectivity index (χ1n) is 9.13. The largest absolute Gasteiger partial charge is 0.352 e. The molecule has 6 aromatic heterocycles. The Kier molecular flexibility index (Phi) is 3.54. The van der Waals surface area contributed by atoms with Crippen LogP contribution in [-0.4, -0.2) is 30.1 Å². The van der Waals surface area contributed by atoms with Crippen LogP contribution >= 0.6 is 11.3 Å². The Labute approximate surface area is 169 Å². The number of thiophene rings is 1. The van der Waals surface area contributed by atoms with Crippen LogP contribution in [0.1, 0.15) is 0 Å². The highest BCUT2D eigenvalue weighted by Gasteiger charge is 2.15. The molecule has 2 N–H and O–H groups in total. The highest BCUT2D eigenvalue weighted by molar-refractivity contribution is 7.13. The minimum Gasteiger partial charge on any atom is -0.352 e. The van der Waals surface area contributed by atoms with Crippen molar-refractivity contribution in [3.05, 3.63) is 72.6 Å². The molecule has 0 aliphatic carbocycles. The second-order valence-corrected chi connectivity index (χ2v) is 7.67. The van der Waals surface area contributed by atoms with Gasteiger partial charge in [0.25, 0.3) is 0 Å². The average Bonchev–Trinajstić information content (AvgIpc) is 3.52. The summed E-state index contributed by atoms with van der Waals surface area (Å²) in [6.07, 6.45) is 7.36. The van der Waals surface area contributed by atoms with Crippen LogP contribution in [-0.2, 0) is 0 Å². The molecular weight excluding hydrogens is 380 g/mol. The molecule has 6 nitrogen and oxygen atoms in total. The van der Waals surface area contributed by atoms with Gasteiger partial charge >= 0.3 is 0 Å². The van der Waals surface area contributed by atoms with Crippen molar-refractivity contribution in [2.75, 3.05) is 0 Å². The number of nitrogens with one attached hydrogen (secondary N) is 2. The Balaban J connectivity index is 1.53. The third-order valence-electron chi connectivity index (χ3n) is 4.97. The summed E-state index contributed by atoms with van der Waals surface area (Å²) < 4.78 is 0. The van der Waals surface area contributed by atoms with Crippen molar-refractivity contribution in [3.8, 4) is 33.1 Å². The first-order chi connectivity index (χ1) is 14.4. The molecule has 0 aliphatic rings. The van der Waals surface area contributed by atoms with Gasteiger partial charge in [0.2, 0.25) is 0 Å². The van der Waals surface area contributed by atoms with Crippen molar-refractivity contribution in [2.24, 2.45) is 0 Å². The van der Waals surface area contributed by atoms with E-state index in [1.165, 1.54) is 4.88 Å². The lowest BCUT2D eigenvalue weighted by molar-refractivity contribution is 1.10. The van der Waals surface area contributed by atoms with Gasteiger partial charge in [-0.3, -0.25) is 15.1 Å². The molecule has 0 spiro atoms. The van der Waals surface area contributed by atoms with Crippen LogP contribution in [0.3, 0.4) is 0 Å². The van der Waals surface area contributed by atoms with Crippen molar-refractivity contribution < 1.29 is 0 Å². The van der Waals surface area contributed by atoms with Gasteiger partial charge in [-0.05, 0) is 35.7 Å². The van der Waals surface area contributed by atoms with Crippen LogP contribution in [0.15, 0.2) is 72.6 Å². The van der Waals surface area contributed by atoms with E-state index >= 15 is 0 Å². The molecule has 0 fully saturated rings.